The van der Waals surface area contributed by atoms with E-state index in [9.17, 15) is 19.8 Å². The Hall–Kier alpha value is -1.26. The van der Waals surface area contributed by atoms with E-state index in [0.29, 0.717) is 6.54 Å². The zero-order valence-electron chi connectivity index (χ0n) is 8.83. The van der Waals surface area contributed by atoms with Crippen molar-refractivity contribution >= 4 is 11.9 Å². The van der Waals surface area contributed by atoms with Gasteiger partial charge < -0.3 is 25.5 Å². The van der Waals surface area contributed by atoms with Gasteiger partial charge in [0, 0.05) is 30.3 Å². The van der Waals surface area contributed by atoms with Gasteiger partial charge in [-0.3, -0.25) is 4.98 Å². The van der Waals surface area contributed by atoms with Crippen LogP contribution >= 0.6 is 0 Å². The molecule has 0 amide bonds. The molecule has 0 bridgehead atoms. The van der Waals surface area contributed by atoms with Gasteiger partial charge >= 0.3 is 21.1 Å². The quantitative estimate of drug-likeness (QED) is 0.555. The van der Waals surface area contributed by atoms with Crippen molar-refractivity contribution in [1.29, 1.82) is 0 Å². The molecule has 0 unspecified atom stereocenters. The van der Waals surface area contributed by atoms with E-state index in [1.165, 1.54) is 0 Å². The number of hydrogen-bond acceptors (Lipinski definition) is 5. The fourth-order valence-corrected chi connectivity index (χ4v) is 0.792. The molecule has 96 valence electrons. The molecule has 1 aromatic rings. The molecule has 0 saturated carbocycles. The Morgan fingerprint density at radius 3 is 2.12 bits per heavy atom. The van der Waals surface area contributed by atoms with Crippen molar-refractivity contribution in [1.82, 2.24) is 4.98 Å². The van der Waals surface area contributed by atoms with Gasteiger partial charge in [0.2, 0.25) is 0 Å². The Morgan fingerprint density at radius 1 is 1.24 bits per heavy atom. The first-order valence-electron chi connectivity index (χ1n) is 4.50. The molecule has 6 nitrogen and oxygen atoms in total. The van der Waals surface area contributed by atoms with E-state index >= 15 is 0 Å². The van der Waals surface area contributed by atoms with Crippen molar-refractivity contribution in [2.75, 3.05) is 6.54 Å². The van der Waals surface area contributed by atoms with Gasteiger partial charge in [0.15, 0.2) is 0 Å². The number of rotatable bonds is 4. The molecule has 0 aliphatic rings. The summed E-state index contributed by atoms with van der Waals surface area (Å²) >= 11 is 0. The molecule has 0 aromatic carbocycles. The smallest absolute Gasteiger partial charge is 0.677 e. The maximum absolute atomic E-state index is 9.28. The Labute approximate surface area is 113 Å². The van der Waals surface area contributed by atoms with Gasteiger partial charge in [-0.1, -0.05) is 6.07 Å². The molecule has 0 atom stereocenters. The van der Waals surface area contributed by atoms with Crippen molar-refractivity contribution in [3.8, 4) is 0 Å². The summed E-state index contributed by atoms with van der Waals surface area (Å²) in [5.41, 5.74) is 7.91. The predicted octanol–water partition coefficient (Wildman–Crippen LogP) is -1.45. The van der Waals surface area contributed by atoms with Gasteiger partial charge in [0.25, 0.3) is 0 Å². The first kappa shape index (κ1) is 18.1. The van der Waals surface area contributed by atoms with E-state index in [4.69, 9.17) is 5.73 Å². The number of carbonyl (C=O) groups excluding carboxylic acids is 2. The van der Waals surface area contributed by atoms with Crippen LogP contribution in [-0.4, -0.2) is 23.5 Å². The summed E-state index contributed by atoms with van der Waals surface area (Å²) in [5.74, 6) is -3.25. The first-order chi connectivity index (χ1) is 7.56. The molecule has 0 radical (unpaired) electrons. The minimum Gasteiger partial charge on any atom is -0.677 e. The number of aromatic nitrogens is 1. The third kappa shape index (κ3) is 12.7. The molecular formula is C10H11N2O4Pt-. The zero-order chi connectivity index (χ0) is 12.4. The number of nitrogens with zero attached hydrogens (tertiary/aromatic N) is 1. The molecule has 1 heterocycles. The Morgan fingerprint density at radius 2 is 1.82 bits per heavy atom. The van der Waals surface area contributed by atoms with Crippen LogP contribution in [0.25, 0.3) is 5.73 Å². The molecule has 7 heteroatoms. The average molecular weight is 418 g/mol. The molecule has 0 spiro atoms. The molecular weight excluding hydrogens is 407 g/mol. The van der Waals surface area contributed by atoms with Crippen molar-refractivity contribution in [2.45, 2.75) is 12.8 Å². The number of pyridine rings is 1. The fourth-order valence-electron chi connectivity index (χ4n) is 0.792. The second-order valence-electron chi connectivity index (χ2n) is 2.74. The van der Waals surface area contributed by atoms with E-state index in [0.717, 1.165) is 12.1 Å². The summed E-state index contributed by atoms with van der Waals surface area (Å²) in [6, 6.07) is 5.76. The maximum Gasteiger partial charge on any atom is 2.00 e. The average Bonchev–Trinajstić information content (AvgIpc) is 2.18. The number of nitrogens with one attached hydrogen (secondary N) is 1. The summed E-state index contributed by atoms with van der Waals surface area (Å²) in [4.78, 5) is 22.6. The van der Waals surface area contributed by atoms with Crippen molar-refractivity contribution in [3.05, 3.63) is 35.8 Å². The normalized spacial score (nSPS) is 8.29. The summed E-state index contributed by atoms with van der Waals surface area (Å²) in [6.07, 6.45) is 1.49. The minimum absolute atomic E-state index is 0. The summed E-state index contributed by atoms with van der Waals surface area (Å²) in [7, 11) is 0. The fraction of sp³-hybridized carbons (Fsp3) is 0.300. The summed E-state index contributed by atoms with van der Waals surface area (Å²) < 4.78 is 0. The van der Waals surface area contributed by atoms with Crippen LogP contribution < -0.4 is 10.2 Å². The van der Waals surface area contributed by atoms with Crippen LogP contribution in [0.4, 0.5) is 0 Å². The van der Waals surface area contributed by atoms with Crippen molar-refractivity contribution < 1.29 is 40.9 Å². The number of carboxylic acids is 2. The monoisotopic (exact) mass is 418 g/mol. The molecule has 0 aliphatic heterocycles. The van der Waals surface area contributed by atoms with Crippen LogP contribution in [0.3, 0.4) is 0 Å². The largest absolute Gasteiger partial charge is 2.00 e. The van der Waals surface area contributed by atoms with Gasteiger partial charge in [-0.2, -0.15) is 0 Å². The third-order valence-electron chi connectivity index (χ3n) is 1.40. The Kier molecular flexibility index (Phi) is 12.0. The van der Waals surface area contributed by atoms with Gasteiger partial charge in [0.1, 0.15) is 0 Å². The van der Waals surface area contributed by atoms with E-state index in [2.05, 4.69) is 4.98 Å². The van der Waals surface area contributed by atoms with Crippen LogP contribution in [0.2, 0.25) is 0 Å². The number of carboxylic acid groups (broad SMARTS) is 2. The summed E-state index contributed by atoms with van der Waals surface area (Å²) in [6.45, 7) is 0.428. The summed E-state index contributed by atoms with van der Waals surface area (Å²) in [5, 5.41) is 18.6. The SMILES string of the molecule is O=C([O-])CC(=O)[O-].[NH-]CCc1ccccn1.[Pt+2]. The molecule has 0 aliphatic carbocycles. The Bertz CT molecular complexity index is 320. The van der Waals surface area contributed by atoms with Gasteiger partial charge in [-0.05, 0) is 18.6 Å². The molecule has 1 rings (SSSR count). The molecule has 0 fully saturated rings. The van der Waals surface area contributed by atoms with Gasteiger partial charge in [-0.25, -0.2) is 0 Å². The van der Waals surface area contributed by atoms with Crippen LogP contribution in [-0.2, 0) is 37.1 Å². The predicted molar refractivity (Wildman–Crippen MR) is 51.8 cm³/mol. The first-order valence-corrected chi connectivity index (χ1v) is 4.50. The number of aliphatic carboxylic acids is 2. The van der Waals surface area contributed by atoms with Gasteiger partial charge in [-0.15, -0.1) is 6.54 Å². The van der Waals surface area contributed by atoms with Crippen molar-refractivity contribution in [2.24, 2.45) is 0 Å². The van der Waals surface area contributed by atoms with E-state index in [1.54, 1.807) is 6.20 Å². The van der Waals surface area contributed by atoms with Crippen LogP contribution in [0, 0.1) is 0 Å². The zero-order valence-corrected chi connectivity index (χ0v) is 11.1. The standard InChI is InChI=1S/C7H9N2.C3H4O4.Pt/c8-5-4-7-3-1-2-6-9-7;4-2(5)1-3(6)7;/h1-3,6,8H,4-5H2;1H2,(H,4,5)(H,6,7);/q-1;;+2/p-2. The molecule has 1 N–H and O–H groups in total. The Balaban J connectivity index is 0. The van der Waals surface area contributed by atoms with E-state index < -0.39 is 18.4 Å². The molecule has 17 heavy (non-hydrogen) atoms. The molecule has 1 aromatic heterocycles. The van der Waals surface area contributed by atoms with Crippen LogP contribution in [0.5, 0.6) is 0 Å². The number of hydrogen-bond donors (Lipinski definition) is 0. The minimum atomic E-state index is -1.63. The van der Waals surface area contributed by atoms with E-state index in [1.807, 2.05) is 18.2 Å². The number of carbonyl (C=O) groups is 2. The maximum atomic E-state index is 9.28. The van der Waals surface area contributed by atoms with E-state index in [-0.39, 0.29) is 21.1 Å². The topological polar surface area (TPSA) is 117 Å². The van der Waals surface area contributed by atoms with Crippen LogP contribution in [0.15, 0.2) is 24.4 Å². The van der Waals surface area contributed by atoms with Gasteiger partial charge in [0.05, 0.1) is 0 Å². The third-order valence-corrected chi connectivity index (χ3v) is 1.40. The second kappa shape index (κ2) is 11.2. The van der Waals surface area contributed by atoms with Crippen molar-refractivity contribution in [3.63, 3.8) is 0 Å². The second-order valence-corrected chi connectivity index (χ2v) is 2.74. The molecule has 0 saturated heterocycles. The van der Waals surface area contributed by atoms with Crippen LogP contribution in [0.1, 0.15) is 12.1 Å².